The minimum Gasteiger partial charge on any atom is -0.428 e. The van der Waals surface area contributed by atoms with E-state index in [1.165, 1.54) is 38.5 Å². The molecular formula is C18H32O6. The highest BCUT2D eigenvalue weighted by Crippen LogP contribution is 2.35. The molecule has 0 unspecified atom stereocenters. The van der Waals surface area contributed by atoms with E-state index in [2.05, 4.69) is 6.92 Å². The molecule has 2 heterocycles. The highest BCUT2D eigenvalue weighted by atomic mass is 16.7. The number of aliphatic hydroxyl groups excluding tert-OH is 1. The molecule has 0 radical (unpaired) electrons. The van der Waals surface area contributed by atoms with Gasteiger partial charge in [-0.1, -0.05) is 58.3 Å². The van der Waals surface area contributed by atoms with Crippen LogP contribution in [-0.4, -0.2) is 53.5 Å². The number of hydrogen-bond acceptors (Lipinski definition) is 6. The number of hydrogen-bond donors (Lipinski definition) is 2. The van der Waals surface area contributed by atoms with Crippen molar-refractivity contribution in [2.24, 2.45) is 0 Å². The van der Waals surface area contributed by atoms with Crippen LogP contribution in [0.25, 0.3) is 0 Å². The molecule has 0 amide bonds. The summed E-state index contributed by atoms with van der Waals surface area (Å²) in [6, 6.07) is 0. The van der Waals surface area contributed by atoms with Gasteiger partial charge in [0.1, 0.15) is 18.8 Å². The summed E-state index contributed by atoms with van der Waals surface area (Å²) in [4.78, 5) is 11.9. The fourth-order valence-electron chi connectivity index (χ4n) is 3.39. The molecule has 0 saturated carbocycles. The van der Waals surface area contributed by atoms with E-state index >= 15 is 0 Å². The van der Waals surface area contributed by atoms with E-state index in [0.717, 1.165) is 19.3 Å². The lowest BCUT2D eigenvalue weighted by molar-refractivity contribution is -0.237. The Morgan fingerprint density at radius 2 is 1.71 bits per heavy atom. The monoisotopic (exact) mass is 344 g/mol. The Kier molecular flexibility index (Phi) is 7.94. The van der Waals surface area contributed by atoms with Crippen LogP contribution in [-0.2, 0) is 19.0 Å². The molecule has 4 atom stereocenters. The van der Waals surface area contributed by atoms with Crippen LogP contribution in [0, 0.1) is 0 Å². The zero-order valence-electron chi connectivity index (χ0n) is 14.7. The predicted molar refractivity (Wildman–Crippen MR) is 88.4 cm³/mol. The fraction of sp³-hybridized carbons (Fsp3) is 0.944. The molecule has 0 bridgehead atoms. The topological polar surface area (TPSA) is 85.2 Å². The summed E-state index contributed by atoms with van der Waals surface area (Å²) in [5.74, 6) is -2.20. The van der Waals surface area contributed by atoms with Crippen molar-refractivity contribution in [3.8, 4) is 0 Å². The van der Waals surface area contributed by atoms with Crippen molar-refractivity contribution in [1.29, 1.82) is 0 Å². The Labute approximate surface area is 144 Å². The normalized spacial score (nSPS) is 32.0. The molecule has 2 fully saturated rings. The first-order chi connectivity index (χ1) is 11.6. The number of rotatable bonds is 11. The molecule has 2 saturated heterocycles. The Balaban J connectivity index is 1.54. The van der Waals surface area contributed by atoms with Gasteiger partial charge in [0.2, 0.25) is 0 Å². The van der Waals surface area contributed by atoms with Crippen LogP contribution < -0.4 is 0 Å². The number of aliphatic hydroxyl groups is 2. The quantitative estimate of drug-likeness (QED) is 0.340. The molecule has 2 rings (SSSR count). The zero-order valence-corrected chi connectivity index (χ0v) is 14.7. The van der Waals surface area contributed by atoms with E-state index in [1.54, 1.807) is 0 Å². The molecule has 140 valence electrons. The molecule has 2 aliphatic heterocycles. The summed E-state index contributed by atoms with van der Waals surface area (Å²) in [7, 11) is 0. The average molecular weight is 344 g/mol. The summed E-state index contributed by atoms with van der Waals surface area (Å²) in [5.41, 5.74) is 0. The summed E-state index contributed by atoms with van der Waals surface area (Å²) in [5, 5.41) is 20.0. The number of carbonyl (C=O) groups is 1. The Bertz CT molecular complexity index is 388. The number of fused-ring (bicyclic) bond motifs is 1. The Hall–Kier alpha value is -0.690. The van der Waals surface area contributed by atoms with Crippen molar-refractivity contribution in [3.63, 3.8) is 0 Å². The highest BCUT2D eigenvalue weighted by Gasteiger charge is 2.58. The largest absolute Gasteiger partial charge is 0.428 e. The third kappa shape index (κ3) is 5.41. The van der Waals surface area contributed by atoms with E-state index in [0.29, 0.717) is 0 Å². The second-order valence-corrected chi connectivity index (χ2v) is 6.99. The van der Waals surface area contributed by atoms with E-state index in [1.807, 2.05) is 0 Å². The summed E-state index contributed by atoms with van der Waals surface area (Å²) in [6.07, 6.45) is 8.70. The minimum absolute atomic E-state index is 0.0907. The molecule has 0 aromatic rings. The SMILES string of the molecule is CCCCCCCCCCCC(=O)O[C@@]1(O)CO[C@@H]2[C@H](O)CO[C@@H]21. The van der Waals surface area contributed by atoms with Gasteiger partial charge in [-0.3, -0.25) is 4.79 Å². The fourth-order valence-corrected chi connectivity index (χ4v) is 3.39. The Morgan fingerprint density at radius 3 is 2.38 bits per heavy atom. The molecule has 6 heteroatoms. The summed E-state index contributed by atoms with van der Waals surface area (Å²) in [6.45, 7) is 2.16. The molecule has 2 aliphatic rings. The van der Waals surface area contributed by atoms with Gasteiger partial charge in [-0.2, -0.15) is 0 Å². The third-order valence-corrected chi connectivity index (χ3v) is 4.83. The van der Waals surface area contributed by atoms with Crippen LogP contribution >= 0.6 is 0 Å². The first-order valence-corrected chi connectivity index (χ1v) is 9.42. The van der Waals surface area contributed by atoms with Gasteiger partial charge >= 0.3 is 5.97 Å². The molecule has 0 aromatic carbocycles. The van der Waals surface area contributed by atoms with Crippen molar-refractivity contribution in [2.75, 3.05) is 13.2 Å². The molecule has 0 aromatic heterocycles. The first kappa shape index (κ1) is 19.6. The summed E-state index contributed by atoms with van der Waals surface area (Å²) >= 11 is 0. The Morgan fingerprint density at radius 1 is 1.08 bits per heavy atom. The van der Waals surface area contributed by atoms with Gasteiger partial charge in [0.25, 0.3) is 5.79 Å². The predicted octanol–water partition coefficient (Wildman–Crippen LogP) is 2.30. The standard InChI is InChI=1S/C18H32O6/c1-2-3-4-5-6-7-8-9-10-11-15(20)24-18(21)13-23-16-14(19)12-22-17(16)18/h14,16-17,19,21H,2-13H2,1H3/t14-,16-,17+,18+/m1/s1. The van der Waals surface area contributed by atoms with Crippen LogP contribution in [0.15, 0.2) is 0 Å². The lowest BCUT2D eigenvalue weighted by Crippen LogP contribution is -2.47. The molecule has 0 aliphatic carbocycles. The zero-order chi connectivity index (χ0) is 17.4. The van der Waals surface area contributed by atoms with E-state index in [9.17, 15) is 15.0 Å². The molecule has 2 N–H and O–H groups in total. The maximum atomic E-state index is 11.9. The van der Waals surface area contributed by atoms with Crippen molar-refractivity contribution in [2.45, 2.75) is 95.2 Å². The van der Waals surface area contributed by atoms with Crippen LogP contribution in [0.4, 0.5) is 0 Å². The van der Waals surface area contributed by atoms with Crippen LogP contribution in [0.3, 0.4) is 0 Å². The minimum atomic E-state index is -1.77. The average Bonchev–Trinajstić information content (AvgIpc) is 3.08. The number of unbranched alkanes of at least 4 members (excludes halogenated alkanes) is 8. The van der Waals surface area contributed by atoms with E-state index < -0.39 is 30.1 Å². The smallest absolute Gasteiger partial charge is 0.308 e. The van der Waals surface area contributed by atoms with Gasteiger partial charge in [-0.25, -0.2) is 0 Å². The first-order valence-electron chi connectivity index (χ1n) is 9.42. The van der Waals surface area contributed by atoms with Crippen molar-refractivity contribution < 1.29 is 29.2 Å². The van der Waals surface area contributed by atoms with Crippen LogP contribution in [0.1, 0.15) is 71.1 Å². The van der Waals surface area contributed by atoms with Gasteiger partial charge in [-0.15, -0.1) is 0 Å². The van der Waals surface area contributed by atoms with Gasteiger partial charge in [0, 0.05) is 6.42 Å². The molecular weight excluding hydrogens is 312 g/mol. The van der Waals surface area contributed by atoms with Crippen molar-refractivity contribution in [1.82, 2.24) is 0 Å². The van der Waals surface area contributed by atoms with Crippen molar-refractivity contribution in [3.05, 3.63) is 0 Å². The van der Waals surface area contributed by atoms with E-state index in [4.69, 9.17) is 14.2 Å². The second-order valence-electron chi connectivity index (χ2n) is 6.99. The third-order valence-electron chi connectivity index (χ3n) is 4.83. The second kappa shape index (κ2) is 9.70. The lowest BCUT2D eigenvalue weighted by Gasteiger charge is -2.26. The lowest BCUT2D eigenvalue weighted by atomic mass is 10.1. The van der Waals surface area contributed by atoms with Gasteiger partial charge < -0.3 is 24.4 Å². The number of ether oxygens (including phenoxy) is 3. The number of esters is 1. The van der Waals surface area contributed by atoms with Gasteiger partial charge in [0.05, 0.1) is 6.61 Å². The molecule has 0 spiro atoms. The highest BCUT2D eigenvalue weighted by molar-refractivity contribution is 5.69. The number of carbonyl (C=O) groups excluding carboxylic acids is 1. The van der Waals surface area contributed by atoms with Crippen LogP contribution in [0.5, 0.6) is 0 Å². The van der Waals surface area contributed by atoms with Gasteiger partial charge in [0.15, 0.2) is 6.10 Å². The van der Waals surface area contributed by atoms with Crippen LogP contribution in [0.2, 0.25) is 0 Å². The maximum Gasteiger partial charge on any atom is 0.308 e. The van der Waals surface area contributed by atoms with Crippen molar-refractivity contribution >= 4 is 5.97 Å². The molecule has 24 heavy (non-hydrogen) atoms. The molecule has 6 nitrogen and oxygen atoms in total. The van der Waals surface area contributed by atoms with Gasteiger partial charge in [-0.05, 0) is 6.42 Å². The maximum absolute atomic E-state index is 11.9. The van der Waals surface area contributed by atoms with E-state index in [-0.39, 0.29) is 19.6 Å². The summed E-state index contributed by atoms with van der Waals surface area (Å²) < 4.78 is 15.8.